The van der Waals surface area contributed by atoms with E-state index in [0.717, 1.165) is 6.29 Å². The summed E-state index contributed by atoms with van der Waals surface area (Å²) in [6, 6.07) is 33.8. The highest BCUT2D eigenvalue weighted by Crippen LogP contribution is 2.23. The molecule has 5 aromatic carbocycles. The minimum Gasteiger partial charge on any atom is -0.508 e. The van der Waals surface area contributed by atoms with Gasteiger partial charge in [0.2, 0.25) is 0 Å². The molecule has 0 bridgehead atoms. The number of rotatable bonds is 17. The van der Waals surface area contributed by atoms with Crippen LogP contribution in [0.3, 0.4) is 0 Å². The van der Waals surface area contributed by atoms with Crippen LogP contribution in [0.2, 0.25) is 0 Å². The maximum absolute atomic E-state index is 11.1. The van der Waals surface area contributed by atoms with Crippen molar-refractivity contribution in [2.45, 2.75) is 19.2 Å². The lowest BCUT2D eigenvalue weighted by Gasteiger charge is -2.22. The third-order valence-electron chi connectivity index (χ3n) is 7.33. The molecule has 1 atom stereocenters. The number of nitrogens with one attached hydrogen (secondary N) is 1. The molecule has 1 unspecified atom stereocenters. The van der Waals surface area contributed by atoms with Crippen molar-refractivity contribution in [3.63, 3.8) is 0 Å². The van der Waals surface area contributed by atoms with Crippen molar-refractivity contribution in [1.29, 1.82) is 0 Å². The fraction of sp³-hybridized carbons (Fsp3) is 0.175. The van der Waals surface area contributed by atoms with E-state index in [1.807, 2.05) is 0 Å². The molecule has 0 radical (unpaired) electrons. The molecule has 13 nitrogen and oxygen atoms in total. The lowest BCUT2D eigenvalue weighted by atomic mass is 10.2. The van der Waals surface area contributed by atoms with Crippen LogP contribution in [-0.4, -0.2) is 61.3 Å². The number of ether oxygens (including phenoxy) is 7. The molecule has 53 heavy (non-hydrogen) atoms. The molecule has 0 amide bonds. The Labute approximate surface area is 305 Å². The Balaban J connectivity index is 1.01. The number of phenolic OH excluding ortho intramolecular Hbond substituents is 2. The predicted molar refractivity (Wildman–Crippen MR) is 196 cm³/mol. The zero-order chi connectivity index (χ0) is 36.7. The Bertz CT molecular complexity index is 1950. The second kappa shape index (κ2) is 18.4. The van der Waals surface area contributed by atoms with Crippen LogP contribution >= 0.6 is 0 Å². The lowest BCUT2D eigenvalue weighted by Crippen LogP contribution is -2.45. The summed E-state index contributed by atoms with van der Waals surface area (Å²) >= 11 is 0. The van der Waals surface area contributed by atoms with Gasteiger partial charge in [-0.1, -0.05) is 0 Å². The largest absolute Gasteiger partial charge is 0.508 e. The molecule has 272 valence electrons. The Hall–Kier alpha value is -6.89. The van der Waals surface area contributed by atoms with Crippen LogP contribution in [0, 0.1) is 0 Å². The van der Waals surface area contributed by atoms with E-state index in [4.69, 9.17) is 33.2 Å². The molecular formula is C40H37N3O10. The fourth-order valence-corrected chi connectivity index (χ4v) is 4.68. The molecule has 0 saturated heterocycles. The first kappa shape index (κ1) is 35.9. The average Bonchev–Trinajstić information content (AvgIpc) is 3.17. The van der Waals surface area contributed by atoms with E-state index in [9.17, 15) is 15.0 Å². The topological polar surface area (TPSA) is 159 Å². The van der Waals surface area contributed by atoms with E-state index in [1.54, 1.807) is 121 Å². The van der Waals surface area contributed by atoms with Gasteiger partial charge in [-0.05, 0) is 121 Å². The number of aldehydes is 1. The van der Waals surface area contributed by atoms with Gasteiger partial charge in [-0.25, -0.2) is 0 Å². The summed E-state index contributed by atoms with van der Waals surface area (Å²) in [5, 5.41) is 21.8. The summed E-state index contributed by atoms with van der Waals surface area (Å²) < 4.78 is 40.9. The molecule has 5 aromatic rings. The zero-order valence-corrected chi connectivity index (χ0v) is 28.5. The normalized spacial score (nSPS) is 13.4. The maximum atomic E-state index is 11.1. The quantitative estimate of drug-likeness (QED) is 0.0690. The highest BCUT2D eigenvalue weighted by Gasteiger charge is 2.22. The third-order valence-corrected chi connectivity index (χ3v) is 7.33. The predicted octanol–water partition coefficient (Wildman–Crippen LogP) is 6.74. The monoisotopic (exact) mass is 719 g/mol. The van der Waals surface area contributed by atoms with E-state index in [-0.39, 0.29) is 23.5 Å². The van der Waals surface area contributed by atoms with E-state index in [1.165, 1.54) is 0 Å². The lowest BCUT2D eigenvalue weighted by molar-refractivity contribution is 0.112. The summed E-state index contributed by atoms with van der Waals surface area (Å²) in [6.07, 6.45) is 1.11. The first-order valence-corrected chi connectivity index (χ1v) is 16.8. The highest BCUT2D eigenvalue weighted by atomic mass is 16.6. The van der Waals surface area contributed by atoms with Gasteiger partial charge in [0.05, 0.1) is 26.4 Å². The molecule has 0 spiro atoms. The second-order valence-electron chi connectivity index (χ2n) is 11.4. The van der Waals surface area contributed by atoms with Gasteiger partial charge in [0.15, 0.2) is 0 Å². The van der Waals surface area contributed by atoms with Crippen LogP contribution in [0.5, 0.6) is 51.7 Å². The zero-order valence-electron chi connectivity index (χ0n) is 28.5. The van der Waals surface area contributed by atoms with Crippen LogP contribution in [0.25, 0.3) is 0 Å². The van der Waals surface area contributed by atoms with Crippen LogP contribution in [0.15, 0.2) is 131 Å². The molecular weight excluding hydrogens is 682 g/mol. The van der Waals surface area contributed by atoms with Crippen molar-refractivity contribution in [2.24, 2.45) is 9.98 Å². The maximum Gasteiger partial charge on any atom is 0.327 e. The van der Waals surface area contributed by atoms with Crippen molar-refractivity contribution in [2.75, 3.05) is 26.4 Å². The number of carbonyl (C=O) groups is 1. The first-order chi connectivity index (χ1) is 26.0. The standard InChI is InChI=1S/C40H37N3O10/c44-27-28-3-9-35(10-4-28)51-38-41-39(52-36-19-15-33(16-20-36)49-25-1-23-47-31-11-5-29(45)6-12-31)43-40(42-38)53-37-21-17-34(18-22-37)50-26-2-24-48-32-13-7-30(46)8-14-32/h3-22,27,38,45-46H,1-2,23-26H2,(H,41,42,43). The number of aliphatic imine (C=N–C) groups is 2. The number of hydrogen-bond acceptors (Lipinski definition) is 13. The summed E-state index contributed by atoms with van der Waals surface area (Å²) in [4.78, 5) is 19.9. The van der Waals surface area contributed by atoms with E-state index in [0.29, 0.717) is 85.1 Å². The second-order valence-corrected chi connectivity index (χ2v) is 11.4. The number of carbonyl (C=O) groups excluding carboxylic acids is 1. The van der Waals surface area contributed by atoms with E-state index < -0.39 is 6.35 Å². The number of hydrogen-bond donors (Lipinski definition) is 3. The molecule has 0 fully saturated rings. The Kier molecular flexibility index (Phi) is 12.5. The van der Waals surface area contributed by atoms with Crippen molar-refractivity contribution in [3.8, 4) is 51.7 Å². The molecule has 6 rings (SSSR count). The highest BCUT2D eigenvalue weighted by molar-refractivity contribution is 5.93. The number of benzene rings is 5. The summed E-state index contributed by atoms with van der Waals surface area (Å²) in [5.41, 5.74) is 0.511. The number of amidine groups is 2. The van der Waals surface area contributed by atoms with Gasteiger partial charge < -0.3 is 43.4 Å². The molecule has 1 aliphatic heterocycles. The molecule has 13 heteroatoms. The van der Waals surface area contributed by atoms with Gasteiger partial charge in [-0.15, -0.1) is 4.99 Å². The van der Waals surface area contributed by atoms with Crippen molar-refractivity contribution >= 4 is 18.3 Å². The minimum absolute atomic E-state index is 0.0113. The van der Waals surface area contributed by atoms with Crippen molar-refractivity contribution < 1.29 is 48.2 Å². The molecule has 0 aliphatic carbocycles. The van der Waals surface area contributed by atoms with Gasteiger partial charge >= 0.3 is 12.0 Å². The Morgan fingerprint density at radius 3 is 1.38 bits per heavy atom. The van der Waals surface area contributed by atoms with Crippen LogP contribution in [0.4, 0.5) is 0 Å². The smallest absolute Gasteiger partial charge is 0.327 e. The molecule has 1 heterocycles. The summed E-state index contributed by atoms with van der Waals surface area (Å²) in [6.45, 7) is 1.81. The molecule has 0 aromatic heterocycles. The van der Waals surface area contributed by atoms with Gasteiger partial charge in [-0.2, -0.15) is 4.99 Å². The van der Waals surface area contributed by atoms with E-state index >= 15 is 0 Å². The van der Waals surface area contributed by atoms with Crippen LogP contribution in [0.1, 0.15) is 23.2 Å². The van der Waals surface area contributed by atoms with Crippen LogP contribution in [-0.2, 0) is 0 Å². The average molecular weight is 720 g/mol. The number of nitrogens with zero attached hydrogens (tertiary/aromatic N) is 2. The first-order valence-electron chi connectivity index (χ1n) is 16.8. The minimum atomic E-state index is -0.961. The molecule has 0 saturated carbocycles. The van der Waals surface area contributed by atoms with Gasteiger partial charge in [-0.3, -0.25) is 10.1 Å². The number of aromatic hydroxyl groups is 2. The fourth-order valence-electron chi connectivity index (χ4n) is 4.68. The van der Waals surface area contributed by atoms with Gasteiger partial charge in [0.1, 0.15) is 58.0 Å². The van der Waals surface area contributed by atoms with Crippen molar-refractivity contribution in [1.82, 2.24) is 5.32 Å². The SMILES string of the molecule is O=Cc1ccc(OC2N=C(Oc3ccc(OCCCOc4ccc(O)cc4)cc3)N=C(Oc3ccc(OCCCOc4ccc(O)cc4)cc3)N2)cc1. The third kappa shape index (κ3) is 11.6. The Morgan fingerprint density at radius 2 is 0.925 bits per heavy atom. The van der Waals surface area contributed by atoms with Gasteiger partial charge in [0.25, 0.3) is 6.35 Å². The van der Waals surface area contributed by atoms with Gasteiger partial charge in [0, 0.05) is 18.4 Å². The number of phenols is 2. The van der Waals surface area contributed by atoms with Crippen molar-refractivity contribution in [3.05, 3.63) is 127 Å². The molecule has 3 N–H and O–H groups in total. The van der Waals surface area contributed by atoms with E-state index in [2.05, 4.69) is 15.3 Å². The summed E-state index contributed by atoms with van der Waals surface area (Å²) in [7, 11) is 0. The molecule has 1 aliphatic rings. The Morgan fingerprint density at radius 1 is 0.528 bits per heavy atom. The van der Waals surface area contributed by atoms with Crippen LogP contribution < -0.4 is 38.5 Å². The summed E-state index contributed by atoms with van der Waals surface area (Å²) in [5.74, 6) is 4.43.